The summed E-state index contributed by atoms with van der Waals surface area (Å²) in [6.45, 7) is 3.18. The van der Waals surface area contributed by atoms with Crippen LogP contribution in [0.15, 0.2) is 60.7 Å². The number of aliphatic hydroxyl groups is 1. The van der Waals surface area contributed by atoms with E-state index in [9.17, 15) is 5.11 Å². The van der Waals surface area contributed by atoms with Crippen LogP contribution in [0.1, 0.15) is 41.4 Å². The lowest BCUT2D eigenvalue weighted by Crippen LogP contribution is -2.52. The van der Waals surface area contributed by atoms with Gasteiger partial charge in [0.05, 0.1) is 19.8 Å². The van der Waals surface area contributed by atoms with Crippen molar-refractivity contribution in [1.29, 1.82) is 0 Å². The van der Waals surface area contributed by atoms with Crippen molar-refractivity contribution in [2.75, 3.05) is 19.8 Å². The van der Waals surface area contributed by atoms with Gasteiger partial charge in [-0.25, -0.2) is 0 Å². The fraction of sp³-hybridized carbons (Fsp3) is 0.455. The maximum atomic E-state index is 9.63. The van der Waals surface area contributed by atoms with Gasteiger partial charge in [-0.1, -0.05) is 67.6 Å². The Morgan fingerprint density at radius 1 is 0.885 bits per heavy atom. The van der Waals surface area contributed by atoms with Crippen LogP contribution in [-0.4, -0.2) is 30.7 Å². The zero-order chi connectivity index (χ0) is 18.0. The van der Waals surface area contributed by atoms with E-state index in [1.54, 1.807) is 0 Å². The van der Waals surface area contributed by atoms with Gasteiger partial charge in [0.25, 0.3) is 0 Å². The highest BCUT2D eigenvalue weighted by molar-refractivity contribution is 7.99. The highest BCUT2D eigenvalue weighted by Gasteiger charge is 2.48. The van der Waals surface area contributed by atoms with Gasteiger partial charge in [0, 0.05) is 28.8 Å². The molecular weight excluding hydrogens is 344 g/mol. The first-order chi connectivity index (χ1) is 12.6. The molecule has 0 aliphatic carbocycles. The van der Waals surface area contributed by atoms with Crippen LogP contribution in [0.2, 0.25) is 0 Å². The molecule has 2 aliphatic heterocycles. The van der Waals surface area contributed by atoms with E-state index in [1.165, 1.54) is 11.1 Å². The van der Waals surface area contributed by atoms with Crippen molar-refractivity contribution in [1.82, 2.24) is 0 Å². The Morgan fingerprint density at radius 3 is 1.77 bits per heavy atom. The quantitative estimate of drug-likeness (QED) is 0.847. The first-order valence-corrected chi connectivity index (χ1v) is 10.2. The van der Waals surface area contributed by atoms with Gasteiger partial charge in [-0.2, -0.15) is 0 Å². The summed E-state index contributed by atoms with van der Waals surface area (Å²) in [5, 5.41) is 10.3. The highest BCUT2D eigenvalue weighted by atomic mass is 32.2. The van der Waals surface area contributed by atoms with E-state index in [0.29, 0.717) is 23.7 Å². The van der Waals surface area contributed by atoms with Gasteiger partial charge in [0.2, 0.25) is 0 Å². The molecule has 1 spiro atoms. The van der Waals surface area contributed by atoms with Gasteiger partial charge in [-0.05, 0) is 11.1 Å². The Bertz CT molecular complexity index is 661. The van der Waals surface area contributed by atoms with Crippen LogP contribution in [0.3, 0.4) is 0 Å². The molecule has 2 aromatic rings. The molecule has 138 valence electrons. The number of benzene rings is 2. The van der Waals surface area contributed by atoms with E-state index in [-0.39, 0.29) is 12.0 Å². The summed E-state index contributed by atoms with van der Waals surface area (Å²) >= 11 is 2.00. The van der Waals surface area contributed by atoms with Crippen LogP contribution in [0.5, 0.6) is 0 Å². The lowest BCUT2D eigenvalue weighted by molar-refractivity contribution is -0.312. The molecule has 0 bridgehead atoms. The van der Waals surface area contributed by atoms with E-state index < -0.39 is 5.79 Å². The van der Waals surface area contributed by atoms with Crippen molar-refractivity contribution in [2.45, 2.75) is 36.1 Å². The maximum Gasteiger partial charge on any atom is 0.171 e. The van der Waals surface area contributed by atoms with Crippen molar-refractivity contribution < 1.29 is 14.6 Å². The number of hydrogen-bond donors (Lipinski definition) is 1. The lowest BCUT2D eigenvalue weighted by Gasteiger charge is -2.49. The van der Waals surface area contributed by atoms with Crippen molar-refractivity contribution in [2.24, 2.45) is 5.41 Å². The largest absolute Gasteiger partial charge is 0.396 e. The summed E-state index contributed by atoms with van der Waals surface area (Å²) in [6, 6.07) is 21.3. The molecule has 3 nitrogen and oxygen atoms in total. The normalized spacial score (nSPS) is 34.7. The minimum absolute atomic E-state index is 0.0854. The Hall–Kier alpha value is -1.33. The Morgan fingerprint density at radius 2 is 1.35 bits per heavy atom. The van der Waals surface area contributed by atoms with E-state index in [4.69, 9.17) is 9.47 Å². The third-order valence-corrected chi connectivity index (χ3v) is 6.95. The van der Waals surface area contributed by atoms with Crippen molar-refractivity contribution in [3.05, 3.63) is 71.8 Å². The second-order valence-corrected chi connectivity index (χ2v) is 9.21. The van der Waals surface area contributed by atoms with Crippen molar-refractivity contribution in [3.63, 3.8) is 0 Å². The van der Waals surface area contributed by atoms with Gasteiger partial charge in [0.1, 0.15) is 0 Å². The molecule has 2 saturated heterocycles. The SMILES string of the molecule is CC1(CO)COC2(CC(c3ccccc3)SC(c3ccccc3)C2)OC1. The van der Waals surface area contributed by atoms with Gasteiger partial charge >= 0.3 is 0 Å². The Kier molecular flexibility index (Phi) is 5.11. The molecule has 2 unspecified atom stereocenters. The van der Waals surface area contributed by atoms with Gasteiger partial charge < -0.3 is 14.6 Å². The number of rotatable bonds is 3. The molecule has 26 heavy (non-hydrogen) atoms. The summed E-state index contributed by atoms with van der Waals surface area (Å²) in [5.74, 6) is -0.569. The topological polar surface area (TPSA) is 38.7 Å². The number of thioether (sulfide) groups is 1. The summed E-state index contributed by atoms with van der Waals surface area (Å²) in [4.78, 5) is 0. The molecular formula is C22H26O3S. The Labute approximate surface area is 159 Å². The van der Waals surface area contributed by atoms with Crippen molar-refractivity contribution >= 4 is 11.8 Å². The minimum atomic E-state index is -0.569. The monoisotopic (exact) mass is 370 g/mol. The molecule has 0 radical (unpaired) electrons. The minimum Gasteiger partial charge on any atom is -0.396 e. The summed E-state index contributed by atoms with van der Waals surface area (Å²) in [7, 11) is 0. The summed E-state index contributed by atoms with van der Waals surface area (Å²) in [6.07, 6.45) is 1.68. The molecule has 2 atom stereocenters. The molecule has 4 heteroatoms. The molecule has 4 rings (SSSR count). The molecule has 1 N–H and O–H groups in total. The molecule has 2 fully saturated rings. The zero-order valence-electron chi connectivity index (χ0n) is 15.1. The molecule has 2 aliphatic rings. The fourth-order valence-corrected chi connectivity index (χ4v) is 5.42. The van der Waals surface area contributed by atoms with Crippen LogP contribution in [0.25, 0.3) is 0 Å². The lowest BCUT2D eigenvalue weighted by atomic mass is 9.90. The third kappa shape index (κ3) is 3.70. The molecule has 2 aromatic carbocycles. The molecule has 2 heterocycles. The van der Waals surface area contributed by atoms with Crippen LogP contribution in [-0.2, 0) is 9.47 Å². The van der Waals surface area contributed by atoms with Gasteiger partial charge in [-0.15, -0.1) is 11.8 Å². The maximum absolute atomic E-state index is 9.63. The second kappa shape index (κ2) is 7.35. The van der Waals surface area contributed by atoms with Crippen molar-refractivity contribution in [3.8, 4) is 0 Å². The summed E-state index contributed by atoms with van der Waals surface area (Å²) in [5.41, 5.74) is 2.33. The highest BCUT2D eigenvalue weighted by Crippen LogP contribution is 2.56. The zero-order valence-corrected chi connectivity index (χ0v) is 16.0. The van der Waals surface area contributed by atoms with Gasteiger partial charge in [0.15, 0.2) is 5.79 Å². The Balaban J connectivity index is 1.62. The predicted molar refractivity (Wildman–Crippen MR) is 105 cm³/mol. The number of hydrogen-bond acceptors (Lipinski definition) is 4. The fourth-order valence-electron chi connectivity index (χ4n) is 3.69. The predicted octanol–water partition coefficient (Wildman–Crippen LogP) is 4.74. The number of ether oxygens (including phenoxy) is 2. The first-order valence-electron chi connectivity index (χ1n) is 9.26. The van der Waals surface area contributed by atoms with E-state index >= 15 is 0 Å². The number of aliphatic hydroxyl groups excluding tert-OH is 1. The van der Waals surface area contributed by atoms with Crippen LogP contribution in [0, 0.1) is 5.41 Å². The van der Waals surface area contributed by atoms with Crippen LogP contribution < -0.4 is 0 Å². The van der Waals surface area contributed by atoms with E-state index in [2.05, 4.69) is 60.7 Å². The third-order valence-electron chi connectivity index (χ3n) is 5.41. The average molecular weight is 371 g/mol. The average Bonchev–Trinajstić information content (AvgIpc) is 2.72. The standard InChI is InChI=1S/C22H26O3S/c1-21(14-23)15-24-22(25-16-21)12-19(17-8-4-2-5-9-17)26-20(13-22)18-10-6-3-7-11-18/h2-11,19-20,23H,12-16H2,1H3. The second-order valence-electron chi connectivity index (χ2n) is 7.80. The molecule has 0 aromatic heterocycles. The molecule has 0 saturated carbocycles. The van der Waals surface area contributed by atoms with Crippen LogP contribution in [0.4, 0.5) is 0 Å². The van der Waals surface area contributed by atoms with E-state index in [0.717, 1.165) is 12.8 Å². The summed E-state index contributed by atoms with van der Waals surface area (Å²) < 4.78 is 12.6. The smallest absolute Gasteiger partial charge is 0.171 e. The van der Waals surface area contributed by atoms with Crippen LogP contribution >= 0.6 is 11.8 Å². The first kappa shape index (κ1) is 18.1. The van der Waals surface area contributed by atoms with E-state index in [1.807, 2.05) is 18.7 Å². The van der Waals surface area contributed by atoms with Gasteiger partial charge in [-0.3, -0.25) is 0 Å². The molecule has 0 amide bonds.